The van der Waals surface area contributed by atoms with Gasteiger partial charge in [0.05, 0.1) is 17.4 Å². The highest BCUT2D eigenvalue weighted by molar-refractivity contribution is 5.92. The topological polar surface area (TPSA) is 47.6 Å². The fourth-order valence-electron chi connectivity index (χ4n) is 4.44. The van der Waals surface area contributed by atoms with Crippen molar-refractivity contribution in [1.29, 1.82) is 0 Å². The number of anilines is 3. The minimum Gasteiger partial charge on any atom is -0.386 e. The molecule has 3 aromatic rings. The number of piperazine rings is 1. The molecule has 1 saturated heterocycles. The van der Waals surface area contributed by atoms with Crippen LogP contribution in [-0.2, 0) is 4.79 Å². The zero-order valence-electron chi connectivity index (χ0n) is 18.9. The molecule has 1 heterocycles. The van der Waals surface area contributed by atoms with Gasteiger partial charge in [-0.1, -0.05) is 67.6 Å². The number of nitrogens with zero attached hydrogens (tertiary/aromatic N) is 2. The molecule has 0 radical (unpaired) electrons. The summed E-state index contributed by atoms with van der Waals surface area (Å²) in [6, 6.07) is 27.9. The largest absolute Gasteiger partial charge is 0.386 e. The maximum atomic E-state index is 11.9. The van der Waals surface area contributed by atoms with Gasteiger partial charge in [-0.2, -0.15) is 0 Å². The van der Waals surface area contributed by atoms with E-state index in [1.807, 2.05) is 26.1 Å². The molecule has 5 nitrogen and oxygen atoms in total. The first-order chi connectivity index (χ1) is 15.7. The highest BCUT2D eigenvalue weighted by Crippen LogP contribution is 2.33. The van der Waals surface area contributed by atoms with Crippen molar-refractivity contribution in [2.75, 3.05) is 48.8 Å². The number of hydrogen-bond acceptors (Lipinski definition) is 4. The molecule has 0 aromatic heterocycles. The first kappa shape index (κ1) is 21.9. The monoisotopic (exact) mass is 428 g/mol. The van der Waals surface area contributed by atoms with Crippen LogP contribution in [0.2, 0.25) is 0 Å². The molecule has 166 valence electrons. The molecule has 0 bridgehead atoms. The minimum atomic E-state index is 0.0338. The molecule has 4 rings (SSSR count). The minimum absolute atomic E-state index is 0.0338. The van der Waals surface area contributed by atoms with E-state index in [2.05, 4.69) is 87.2 Å². The number of benzene rings is 3. The molecule has 0 aliphatic carbocycles. The highest BCUT2D eigenvalue weighted by atomic mass is 16.1. The molecule has 1 amide bonds. The molecular formula is C27H32N4O. The van der Waals surface area contributed by atoms with Crippen LogP contribution in [0.3, 0.4) is 0 Å². The van der Waals surface area contributed by atoms with Crippen LogP contribution in [0.4, 0.5) is 17.1 Å². The van der Waals surface area contributed by atoms with Gasteiger partial charge in [-0.15, -0.1) is 0 Å². The van der Waals surface area contributed by atoms with E-state index in [1.54, 1.807) is 0 Å². The van der Waals surface area contributed by atoms with Crippen molar-refractivity contribution in [2.45, 2.75) is 19.4 Å². The molecule has 0 atom stereocenters. The zero-order chi connectivity index (χ0) is 22.3. The Hall–Kier alpha value is -3.31. The molecule has 1 aliphatic heterocycles. The van der Waals surface area contributed by atoms with E-state index in [0.29, 0.717) is 6.42 Å². The van der Waals surface area contributed by atoms with Crippen molar-refractivity contribution in [2.24, 2.45) is 0 Å². The van der Waals surface area contributed by atoms with Crippen LogP contribution >= 0.6 is 0 Å². The van der Waals surface area contributed by atoms with Crippen molar-refractivity contribution < 1.29 is 4.79 Å². The lowest BCUT2D eigenvalue weighted by Crippen LogP contribution is -2.48. The third kappa shape index (κ3) is 4.94. The Labute approximate surface area is 191 Å². The maximum Gasteiger partial charge on any atom is 0.224 e. The number of hydrogen-bond donors (Lipinski definition) is 2. The molecule has 1 fully saturated rings. The fraction of sp³-hybridized carbons (Fsp3) is 0.296. The van der Waals surface area contributed by atoms with Gasteiger partial charge in [-0.05, 0) is 29.3 Å². The van der Waals surface area contributed by atoms with Gasteiger partial charge < -0.3 is 15.5 Å². The lowest BCUT2D eigenvalue weighted by Gasteiger charge is -2.41. The average molecular weight is 429 g/mol. The van der Waals surface area contributed by atoms with Crippen LogP contribution < -0.4 is 15.5 Å². The Morgan fingerprint density at radius 2 is 1.47 bits per heavy atom. The van der Waals surface area contributed by atoms with Crippen LogP contribution in [-0.4, -0.2) is 44.0 Å². The van der Waals surface area contributed by atoms with Crippen molar-refractivity contribution in [3.8, 4) is 0 Å². The van der Waals surface area contributed by atoms with Crippen molar-refractivity contribution in [3.63, 3.8) is 0 Å². The quantitative estimate of drug-likeness (QED) is 0.557. The lowest BCUT2D eigenvalue weighted by atomic mass is 9.96. The molecule has 0 spiro atoms. The van der Waals surface area contributed by atoms with Gasteiger partial charge in [0.1, 0.15) is 0 Å². The molecule has 32 heavy (non-hydrogen) atoms. The summed E-state index contributed by atoms with van der Waals surface area (Å²) in [5.74, 6) is 0.0338. The number of rotatable bonds is 7. The predicted molar refractivity (Wildman–Crippen MR) is 133 cm³/mol. The summed E-state index contributed by atoms with van der Waals surface area (Å²) in [4.78, 5) is 16.8. The van der Waals surface area contributed by atoms with Crippen LogP contribution in [0.25, 0.3) is 0 Å². The van der Waals surface area contributed by atoms with Gasteiger partial charge in [-0.3, -0.25) is 9.69 Å². The number of amides is 1. The Morgan fingerprint density at radius 3 is 2.00 bits per heavy atom. The van der Waals surface area contributed by atoms with E-state index in [9.17, 15) is 4.79 Å². The van der Waals surface area contributed by atoms with E-state index in [0.717, 1.165) is 43.2 Å². The zero-order valence-corrected chi connectivity index (χ0v) is 18.9. The first-order valence-corrected chi connectivity index (χ1v) is 11.4. The van der Waals surface area contributed by atoms with E-state index in [4.69, 9.17) is 0 Å². The van der Waals surface area contributed by atoms with Crippen LogP contribution in [0.1, 0.15) is 30.5 Å². The fourth-order valence-corrected chi connectivity index (χ4v) is 4.44. The Balaban J connectivity index is 1.54. The molecule has 0 unspecified atom stereocenters. The second kappa shape index (κ2) is 10.3. The normalized spacial score (nSPS) is 14.4. The predicted octanol–water partition coefficient (Wildman–Crippen LogP) is 4.99. The van der Waals surface area contributed by atoms with Crippen LogP contribution in [0.5, 0.6) is 0 Å². The van der Waals surface area contributed by atoms with E-state index in [-0.39, 0.29) is 11.9 Å². The third-order valence-electron chi connectivity index (χ3n) is 6.12. The summed E-state index contributed by atoms with van der Waals surface area (Å²) in [5.41, 5.74) is 5.71. The van der Waals surface area contributed by atoms with E-state index >= 15 is 0 Å². The van der Waals surface area contributed by atoms with Crippen molar-refractivity contribution >= 4 is 23.0 Å². The van der Waals surface area contributed by atoms with Gasteiger partial charge in [-0.25, -0.2) is 0 Å². The number of nitrogens with one attached hydrogen (secondary N) is 2. The molecule has 2 N–H and O–H groups in total. The van der Waals surface area contributed by atoms with E-state index in [1.165, 1.54) is 11.1 Å². The van der Waals surface area contributed by atoms with Crippen molar-refractivity contribution in [3.05, 3.63) is 90.0 Å². The van der Waals surface area contributed by atoms with Crippen LogP contribution in [0.15, 0.2) is 78.9 Å². The lowest BCUT2D eigenvalue weighted by molar-refractivity contribution is -0.115. The van der Waals surface area contributed by atoms with Gasteiger partial charge in [0, 0.05) is 45.3 Å². The average Bonchev–Trinajstić information content (AvgIpc) is 2.86. The maximum absolute atomic E-state index is 11.9. The summed E-state index contributed by atoms with van der Waals surface area (Å²) in [5, 5.41) is 6.29. The smallest absolute Gasteiger partial charge is 0.224 e. The summed E-state index contributed by atoms with van der Waals surface area (Å²) in [6.07, 6.45) is 0.474. The molecule has 3 aromatic carbocycles. The van der Waals surface area contributed by atoms with Gasteiger partial charge in [0.25, 0.3) is 0 Å². The van der Waals surface area contributed by atoms with E-state index < -0.39 is 0 Å². The molecule has 1 aliphatic rings. The second-order valence-electron chi connectivity index (χ2n) is 8.13. The van der Waals surface area contributed by atoms with Gasteiger partial charge in [0.15, 0.2) is 0 Å². The molecule has 5 heteroatoms. The molecular weight excluding hydrogens is 396 g/mol. The number of carbonyl (C=O) groups is 1. The second-order valence-corrected chi connectivity index (χ2v) is 8.13. The summed E-state index contributed by atoms with van der Waals surface area (Å²) in [7, 11) is 1.94. The standard InChI is InChI=1S/C27H32N4O/c1-3-26(32)29-23-14-15-24(28-2)25(20-23)30-16-18-31(19-17-30)27(21-10-6-4-7-11-21)22-12-8-5-9-13-22/h4-15,20,27-28H,3,16-19H2,1-2H3,(H,29,32). The van der Waals surface area contributed by atoms with Crippen molar-refractivity contribution in [1.82, 2.24) is 4.90 Å². The summed E-state index contributed by atoms with van der Waals surface area (Å²) in [6.45, 7) is 5.64. The van der Waals surface area contributed by atoms with Gasteiger partial charge in [0.2, 0.25) is 5.91 Å². The summed E-state index contributed by atoms with van der Waals surface area (Å²) < 4.78 is 0. The SMILES string of the molecule is CCC(=O)Nc1ccc(NC)c(N2CCN(C(c3ccccc3)c3ccccc3)CC2)c1. The summed E-state index contributed by atoms with van der Waals surface area (Å²) >= 11 is 0. The highest BCUT2D eigenvalue weighted by Gasteiger charge is 2.27. The Morgan fingerprint density at radius 1 is 0.875 bits per heavy atom. The molecule has 0 saturated carbocycles. The Kier molecular flexibility index (Phi) is 7.07. The van der Waals surface area contributed by atoms with Crippen LogP contribution in [0, 0.1) is 0 Å². The Bertz CT molecular complexity index is 975. The van der Waals surface area contributed by atoms with Gasteiger partial charge >= 0.3 is 0 Å². The first-order valence-electron chi connectivity index (χ1n) is 11.4. The third-order valence-corrected chi connectivity index (χ3v) is 6.12. The number of carbonyl (C=O) groups excluding carboxylic acids is 1.